The summed E-state index contributed by atoms with van der Waals surface area (Å²) in [7, 11) is -3.73. The first-order chi connectivity index (χ1) is 10.4. The molecule has 1 unspecified atom stereocenters. The van der Waals surface area contributed by atoms with E-state index >= 15 is 0 Å². The quantitative estimate of drug-likeness (QED) is 0.868. The third kappa shape index (κ3) is 3.00. The monoisotopic (exact) mass is 356 g/mol. The van der Waals surface area contributed by atoms with Crippen molar-refractivity contribution in [2.75, 3.05) is 6.54 Å². The number of halogens is 2. The molecule has 1 atom stereocenters. The van der Waals surface area contributed by atoms with Crippen molar-refractivity contribution in [3.05, 3.63) is 63.1 Å². The van der Waals surface area contributed by atoms with Gasteiger partial charge >= 0.3 is 0 Å². The second kappa shape index (κ2) is 5.83. The Hall–Kier alpha value is -1.11. The van der Waals surface area contributed by atoms with E-state index in [1.165, 1.54) is 6.07 Å². The molecule has 116 valence electrons. The highest BCUT2D eigenvalue weighted by Gasteiger charge is 2.24. The molecule has 1 aliphatic rings. The minimum Gasteiger partial charge on any atom is -0.312 e. The molecule has 0 fully saturated rings. The van der Waals surface area contributed by atoms with Crippen molar-refractivity contribution in [2.24, 2.45) is 5.14 Å². The fourth-order valence-corrected chi connectivity index (χ4v) is 3.92. The van der Waals surface area contributed by atoms with E-state index in [1.54, 1.807) is 18.2 Å². The van der Waals surface area contributed by atoms with Crippen molar-refractivity contribution in [3.8, 4) is 0 Å². The molecule has 3 N–H and O–H groups in total. The SMILES string of the molecule is NS(=O)(=O)c1cccc(C2CNCc3c(Cl)cc(Cl)cc32)c1. The lowest BCUT2D eigenvalue weighted by Crippen LogP contribution is -2.29. The number of hydrogen-bond donors (Lipinski definition) is 2. The van der Waals surface area contributed by atoms with Gasteiger partial charge in [-0.1, -0.05) is 35.3 Å². The van der Waals surface area contributed by atoms with Gasteiger partial charge in [-0.25, -0.2) is 13.6 Å². The Balaban J connectivity index is 2.12. The summed E-state index contributed by atoms with van der Waals surface area (Å²) < 4.78 is 23.1. The topological polar surface area (TPSA) is 72.2 Å². The molecule has 1 heterocycles. The average molecular weight is 357 g/mol. The highest BCUT2D eigenvalue weighted by Crippen LogP contribution is 2.36. The van der Waals surface area contributed by atoms with Gasteiger partial charge in [0.1, 0.15) is 0 Å². The molecule has 7 heteroatoms. The number of sulfonamides is 1. The molecule has 0 bridgehead atoms. The molecule has 0 aromatic heterocycles. The zero-order valence-corrected chi connectivity index (χ0v) is 13.8. The lowest BCUT2D eigenvalue weighted by molar-refractivity contribution is 0.588. The lowest BCUT2D eigenvalue weighted by atomic mass is 9.85. The number of benzene rings is 2. The molecular weight excluding hydrogens is 343 g/mol. The number of primary sulfonamides is 1. The van der Waals surface area contributed by atoms with Crippen LogP contribution in [0, 0.1) is 0 Å². The second-order valence-corrected chi connectivity index (χ2v) is 7.66. The van der Waals surface area contributed by atoms with Gasteiger partial charge in [0.25, 0.3) is 0 Å². The molecule has 0 saturated carbocycles. The lowest BCUT2D eigenvalue weighted by Gasteiger charge is -2.28. The van der Waals surface area contributed by atoms with E-state index in [0.29, 0.717) is 23.1 Å². The van der Waals surface area contributed by atoms with Gasteiger partial charge in [-0.05, 0) is 41.0 Å². The molecule has 0 saturated heterocycles. The molecule has 2 aromatic rings. The number of rotatable bonds is 2. The van der Waals surface area contributed by atoms with E-state index in [2.05, 4.69) is 5.32 Å². The Bertz CT molecular complexity index is 837. The van der Waals surface area contributed by atoms with E-state index in [9.17, 15) is 8.42 Å². The van der Waals surface area contributed by atoms with Crippen molar-refractivity contribution < 1.29 is 8.42 Å². The zero-order chi connectivity index (χ0) is 15.9. The van der Waals surface area contributed by atoms with E-state index < -0.39 is 10.0 Å². The predicted molar refractivity (Wildman–Crippen MR) is 87.8 cm³/mol. The zero-order valence-electron chi connectivity index (χ0n) is 11.5. The fourth-order valence-electron chi connectivity index (χ4n) is 2.78. The standard InChI is InChI=1S/C15H14Cl2N2O2S/c16-10-5-12-13(7-19-8-14(12)15(17)6-10)9-2-1-3-11(4-9)22(18,20)21/h1-6,13,19H,7-8H2,(H2,18,20,21). The molecule has 22 heavy (non-hydrogen) atoms. The fraction of sp³-hybridized carbons (Fsp3) is 0.200. The molecule has 4 nitrogen and oxygen atoms in total. The minimum atomic E-state index is -3.73. The van der Waals surface area contributed by atoms with Gasteiger partial charge in [0.05, 0.1) is 4.90 Å². The van der Waals surface area contributed by atoms with Crippen LogP contribution in [0.15, 0.2) is 41.3 Å². The van der Waals surface area contributed by atoms with Crippen molar-refractivity contribution in [2.45, 2.75) is 17.4 Å². The van der Waals surface area contributed by atoms with E-state index in [-0.39, 0.29) is 10.8 Å². The van der Waals surface area contributed by atoms with Crippen LogP contribution in [0.4, 0.5) is 0 Å². The molecule has 0 aliphatic carbocycles. The molecular formula is C15H14Cl2N2O2S. The Kier molecular flexibility index (Phi) is 4.18. The highest BCUT2D eigenvalue weighted by atomic mass is 35.5. The van der Waals surface area contributed by atoms with Crippen molar-refractivity contribution in [3.63, 3.8) is 0 Å². The summed E-state index contributed by atoms with van der Waals surface area (Å²) >= 11 is 12.4. The number of nitrogens with two attached hydrogens (primary N) is 1. The van der Waals surface area contributed by atoms with Gasteiger partial charge in [0.15, 0.2) is 0 Å². The average Bonchev–Trinajstić information content (AvgIpc) is 2.46. The van der Waals surface area contributed by atoms with Crippen LogP contribution in [-0.4, -0.2) is 15.0 Å². The van der Waals surface area contributed by atoms with Crippen molar-refractivity contribution in [1.82, 2.24) is 5.32 Å². The van der Waals surface area contributed by atoms with Crippen LogP contribution in [-0.2, 0) is 16.6 Å². The first kappa shape index (κ1) is 15.8. The molecule has 0 amide bonds. The molecule has 3 rings (SSSR count). The van der Waals surface area contributed by atoms with E-state index in [0.717, 1.165) is 16.7 Å². The normalized spacial score (nSPS) is 18.0. The van der Waals surface area contributed by atoms with Gasteiger partial charge in [-0.2, -0.15) is 0 Å². The Labute approximate surface area is 139 Å². The van der Waals surface area contributed by atoms with Gasteiger partial charge in [0.2, 0.25) is 10.0 Å². The van der Waals surface area contributed by atoms with Crippen LogP contribution in [0.3, 0.4) is 0 Å². The Morgan fingerprint density at radius 2 is 1.95 bits per heavy atom. The molecule has 1 aliphatic heterocycles. The van der Waals surface area contributed by atoms with E-state index in [4.69, 9.17) is 28.3 Å². The summed E-state index contributed by atoms with van der Waals surface area (Å²) in [4.78, 5) is 0.102. The van der Waals surface area contributed by atoms with Crippen LogP contribution in [0.25, 0.3) is 0 Å². The summed E-state index contributed by atoms with van der Waals surface area (Å²) in [6, 6.07) is 10.3. The van der Waals surface area contributed by atoms with Gasteiger partial charge < -0.3 is 5.32 Å². The van der Waals surface area contributed by atoms with Gasteiger partial charge in [-0.15, -0.1) is 0 Å². The number of fused-ring (bicyclic) bond motifs is 1. The largest absolute Gasteiger partial charge is 0.312 e. The van der Waals surface area contributed by atoms with E-state index in [1.807, 2.05) is 12.1 Å². The summed E-state index contributed by atoms with van der Waals surface area (Å²) in [6.45, 7) is 1.34. The molecule has 0 radical (unpaired) electrons. The Morgan fingerprint density at radius 3 is 2.68 bits per heavy atom. The summed E-state index contributed by atoms with van der Waals surface area (Å²) in [6.07, 6.45) is 0. The van der Waals surface area contributed by atoms with Crippen molar-refractivity contribution in [1.29, 1.82) is 0 Å². The number of hydrogen-bond acceptors (Lipinski definition) is 3. The minimum absolute atomic E-state index is 0.0263. The maximum Gasteiger partial charge on any atom is 0.238 e. The third-order valence-electron chi connectivity index (χ3n) is 3.81. The molecule has 0 spiro atoms. The van der Waals surface area contributed by atoms with Crippen LogP contribution in [0.2, 0.25) is 10.0 Å². The maximum absolute atomic E-state index is 11.5. The predicted octanol–water partition coefficient (Wildman–Crippen LogP) is 2.88. The van der Waals surface area contributed by atoms with Crippen LogP contribution >= 0.6 is 23.2 Å². The maximum atomic E-state index is 11.5. The van der Waals surface area contributed by atoms with Crippen LogP contribution < -0.4 is 10.5 Å². The summed E-state index contributed by atoms with van der Waals surface area (Å²) in [5, 5.41) is 9.69. The number of nitrogens with one attached hydrogen (secondary N) is 1. The van der Waals surface area contributed by atoms with Gasteiger partial charge in [0, 0.05) is 29.1 Å². The smallest absolute Gasteiger partial charge is 0.238 e. The first-order valence-electron chi connectivity index (χ1n) is 6.67. The Morgan fingerprint density at radius 1 is 1.18 bits per heavy atom. The third-order valence-corrected chi connectivity index (χ3v) is 5.28. The summed E-state index contributed by atoms with van der Waals surface area (Å²) in [5.41, 5.74) is 2.87. The van der Waals surface area contributed by atoms with Crippen molar-refractivity contribution >= 4 is 33.2 Å². The second-order valence-electron chi connectivity index (χ2n) is 5.26. The highest BCUT2D eigenvalue weighted by molar-refractivity contribution is 7.89. The molecule has 2 aromatic carbocycles. The van der Waals surface area contributed by atoms with Gasteiger partial charge in [-0.3, -0.25) is 0 Å². The summed E-state index contributed by atoms with van der Waals surface area (Å²) in [5.74, 6) is -0.0263. The van der Waals surface area contributed by atoms with Crippen LogP contribution in [0.1, 0.15) is 22.6 Å². The first-order valence-corrected chi connectivity index (χ1v) is 8.98. The van der Waals surface area contributed by atoms with Crippen LogP contribution in [0.5, 0.6) is 0 Å².